The van der Waals surface area contributed by atoms with E-state index in [0.717, 1.165) is 5.56 Å². The molecule has 0 bridgehead atoms. The molecule has 1 aromatic carbocycles. The van der Waals surface area contributed by atoms with Crippen LogP contribution in [0.5, 0.6) is 0 Å². The molecule has 0 saturated carbocycles. The molecule has 0 aromatic heterocycles. The van der Waals surface area contributed by atoms with Crippen molar-refractivity contribution in [3.8, 4) is 11.8 Å². The van der Waals surface area contributed by atoms with Gasteiger partial charge in [-0.25, -0.2) is 4.79 Å². The maximum Gasteiger partial charge on any atom is 0.317 e. The molecule has 0 saturated heterocycles. The van der Waals surface area contributed by atoms with Crippen LogP contribution in [0, 0.1) is 11.8 Å². The van der Waals surface area contributed by atoms with E-state index < -0.39 is 0 Å². The van der Waals surface area contributed by atoms with Crippen LogP contribution in [-0.4, -0.2) is 19.2 Å². The molecular formula is C12H9NO3. The van der Waals surface area contributed by atoms with E-state index in [-0.39, 0.29) is 12.4 Å². The number of hydrogen-bond donors (Lipinski definition) is 0. The molecule has 1 rings (SSSR count). The molecule has 0 fully saturated rings. The quantitative estimate of drug-likeness (QED) is 0.325. The van der Waals surface area contributed by atoms with Gasteiger partial charge in [-0.2, -0.15) is 4.99 Å². The number of aliphatic imine (C=N–C) groups is 1. The number of carbonyl (C=O) groups excluding carboxylic acids is 2. The zero-order valence-corrected chi connectivity index (χ0v) is 8.69. The monoisotopic (exact) mass is 215 g/mol. The molecule has 0 unspecified atom stereocenters. The van der Waals surface area contributed by atoms with E-state index in [4.69, 9.17) is 0 Å². The van der Waals surface area contributed by atoms with Crippen molar-refractivity contribution < 1.29 is 14.3 Å². The highest BCUT2D eigenvalue weighted by Crippen LogP contribution is 2.11. The van der Waals surface area contributed by atoms with Gasteiger partial charge < -0.3 is 4.74 Å². The van der Waals surface area contributed by atoms with E-state index >= 15 is 0 Å². The standard InChI is InChI=1S/C12H9NO3/c1-16-12(15)4-2-3-10-5-7-11(8-6-10)13-9-14/h5-8H,4H2,1H3. The molecule has 0 aliphatic carbocycles. The molecular weight excluding hydrogens is 206 g/mol. The van der Waals surface area contributed by atoms with Gasteiger partial charge in [0.2, 0.25) is 6.08 Å². The smallest absolute Gasteiger partial charge is 0.317 e. The van der Waals surface area contributed by atoms with Crippen molar-refractivity contribution in [2.24, 2.45) is 4.99 Å². The van der Waals surface area contributed by atoms with Crippen LogP contribution < -0.4 is 0 Å². The third-order valence-corrected chi connectivity index (χ3v) is 1.74. The minimum absolute atomic E-state index is 0.0603. The summed E-state index contributed by atoms with van der Waals surface area (Å²) >= 11 is 0. The van der Waals surface area contributed by atoms with E-state index in [1.165, 1.54) is 13.2 Å². The van der Waals surface area contributed by atoms with E-state index in [1.54, 1.807) is 24.3 Å². The number of ether oxygens (including phenoxy) is 1. The minimum Gasteiger partial charge on any atom is -0.468 e. The van der Waals surface area contributed by atoms with Crippen LogP contribution in [-0.2, 0) is 14.3 Å². The zero-order chi connectivity index (χ0) is 11.8. The molecule has 0 radical (unpaired) electrons. The molecule has 0 aliphatic rings. The first kappa shape index (κ1) is 11.7. The summed E-state index contributed by atoms with van der Waals surface area (Å²) in [5.74, 6) is 5.09. The second-order valence-electron chi connectivity index (χ2n) is 2.80. The molecule has 0 spiro atoms. The third-order valence-electron chi connectivity index (χ3n) is 1.74. The van der Waals surface area contributed by atoms with Crippen LogP contribution in [0.1, 0.15) is 12.0 Å². The summed E-state index contributed by atoms with van der Waals surface area (Å²) < 4.78 is 4.44. The number of hydrogen-bond acceptors (Lipinski definition) is 4. The Bertz CT molecular complexity index is 473. The van der Waals surface area contributed by atoms with E-state index in [1.807, 2.05) is 0 Å². The predicted octanol–water partition coefficient (Wildman–Crippen LogP) is 1.57. The molecule has 0 atom stereocenters. The summed E-state index contributed by atoms with van der Waals surface area (Å²) in [6.45, 7) is 0. The van der Waals surface area contributed by atoms with Crippen molar-refractivity contribution in [2.45, 2.75) is 6.42 Å². The highest BCUT2D eigenvalue weighted by atomic mass is 16.5. The van der Waals surface area contributed by atoms with Crippen LogP contribution >= 0.6 is 0 Å². The second-order valence-corrected chi connectivity index (χ2v) is 2.80. The molecule has 0 heterocycles. The summed E-state index contributed by atoms with van der Waals surface area (Å²) in [6, 6.07) is 6.71. The summed E-state index contributed by atoms with van der Waals surface area (Å²) in [5, 5.41) is 0. The minimum atomic E-state index is -0.366. The van der Waals surface area contributed by atoms with Crippen LogP contribution in [0.4, 0.5) is 5.69 Å². The summed E-state index contributed by atoms with van der Waals surface area (Å²) in [5.41, 5.74) is 1.27. The molecule has 80 valence electrons. The van der Waals surface area contributed by atoms with Crippen molar-refractivity contribution in [1.29, 1.82) is 0 Å². The molecule has 16 heavy (non-hydrogen) atoms. The largest absolute Gasteiger partial charge is 0.468 e. The Balaban J connectivity index is 2.68. The number of methoxy groups -OCH3 is 1. The Morgan fingerprint density at radius 2 is 2.06 bits per heavy atom. The number of carbonyl (C=O) groups is 1. The molecule has 4 heteroatoms. The maximum atomic E-state index is 10.8. The van der Waals surface area contributed by atoms with Crippen LogP contribution in [0.2, 0.25) is 0 Å². The van der Waals surface area contributed by atoms with Gasteiger partial charge in [0.05, 0.1) is 12.8 Å². The third kappa shape index (κ3) is 3.79. The normalized spacial score (nSPS) is 8.31. The number of isocyanates is 1. The first-order valence-electron chi connectivity index (χ1n) is 4.50. The lowest BCUT2D eigenvalue weighted by molar-refractivity contribution is -0.139. The Morgan fingerprint density at radius 1 is 1.38 bits per heavy atom. The van der Waals surface area contributed by atoms with Gasteiger partial charge in [-0.1, -0.05) is 11.8 Å². The first-order valence-corrected chi connectivity index (χ1v) is 4.50. The second kappa shape index (κ2) is 6.18. The number of rotatable bonds is 2. The van der Waals surface area contributed by atoms with Gasteiger partial charge in [0.1, 0.15) is 6.42 Å². The Kier molecular flexibility index (Phi) is 4.52. The topological polar surface area (TPSA) is 55.7 Å². The lowest BCUT2D eigenvalue weighted by atomic mass is 10.2. The van der Waals surface area contributed by atoms with Crippen molar-refractivity contribution in [3.05, 3.63) is 29.8 Å². The van der Waals surface area contributed by atoms with E-state index in [0.29, 0.717) is 5.69 Å². The van der Waals surface area contributed by atoms with Crippen LogP contribution in [0.3, 0.4) is 0 Å². The highest BCUT2D eigenvalue weighted by molar-refractivity contribution is 5.72. The van der Waals surface area contributed by atoms with Gasteiger partial charge in [-0.3, -0.25) is 4.79 Å². The SMILES string of the molecule is COC(=O)CC#Cc1ccc(N=C=O)cc1. The molecule has 0 amide bonds. The van der Waals surface area contributed by atoms with Gasteiger partial charge in [-0.15, -0.1) is 0 Å². The number of benzene rings is 1. The summed E-state index contributed by atoms with van der Waals surface area (Å²) in [4.78, 5) is 24.2. The van der Waals surface area contributed by atoms with E-state index in [2.05, 4.69) is 21.6 Å². The summed E-state index contributed by atoms with van der Waals surface area (Å²) in [6.07, 6.45) is 1.51. The van der Waals surface area contributed by atoms with Crippen molar-refractivity contribution in [2.75, 3.05) is 7.11 Å². The van der Waals surface area contributed by atoms with Gasteiger partial charge >= 0.3 is 5.97 Å². The fraction of sp³-hybridized carbons (Fsp3) is 0.167. The predicted molar refractivity (Wildman–Crippen MR) is 57.7 cm³/mol. The van der Waals surface area contributed by atoms with Gasteiger partial charge in [-0.05, 0) is 24.3 Å². The maximum absolute atomic E-state index is 10.8. The summed E-state index contributed by atoms with van der Waals surface area (Å²) in [7, 11) is 1.32. The molecule has 4 nitrogen and oxygen atoms in total. The molecule has 1 aromatic rings. The fourth-order valence-electron chi connectivity index (χ4n) is 0.963. The van der Waals surface area contributed by atoms with Crippen LogP contribution in [0.15, 0.2) is 29.3 Å². The zero-order valence-electron chi connectivity index (χ0n) is 8.69. The Hall–Kier alpha value is -2.37. The molecule has 0 aliphatic heterocycles. The number of esters is 1. The fourth-order valence-corrected chi connectivity index (χ4v) is 0.963. The Morgan fingerprint density at radius 3 is 2.62 bits per heavy atom. The van der Waals surface area contributed by atoms with Gasteiger partial charge in [0.25, 0.3) is 0 Å². The van der Waals surface area contributed by atoms with Crippen molar-refractivity contribution in [3.63, 3.8) is 0 Å². The first-order chi connectivity index (χ1) is 7.76. The highest BCUT2D eigenvalue weighted by Gasteiger charge is 1.94. The lowest BCUT2D eigenvalue weighted by Gasteiger charge is -1.91. The van der Waals surface area contributed by atoms with Gasteiger partial charge in [0.15, 0.2) is 0 Å². The Labute approximate surface area is 93.0 Å². The van der Waals surface area contributed by atoms with Crippen molar-refractivity contribution in [1.82, 2.24) is 0 Å². The lowest BCUT2D eigenvalue weighted by Crippen LogP contribution is -1.96. The number of nitrogens with zero attached hydrogens (tertiary/aromatic N) is 1. The average Bonchev–Trinajstić information content (AvgIpc) is 2.31. The van der Waals surface area contributed by atoms with E-state index in [9.17, 15) is 9.59 Å². The molecule has 0 N–H and O–H groups in total. The van der Waals surface area contributed by atoms with Gasteiger partial charge in [0, 0.05) is 5.56 Å². The van der Waals surface area contributed by atoms with Crippen molar-refractivity contribution >= 4 is 17.7 Å². The van der Waals surface area contributed by atoms with Crippen LogP contribution in [0.25, 0.3) is 0 Å². The average molecular weight is 215 g/mol.